The Morgan fingerprint density at radius 1 is 1.37 bits per heavy atom. The van der Waals surface area contributed by atoms with Crippen LogP contribution in [0.5, 0.6) is 0 Å². The second kappa shape index (κ2) is 5.64. The molecule has 0 aromatic carbocycles. The summed E-state index contributed by atoms with van der Waals surface area (Å²) >= 11 is 6.07. The quantitative estimate of drug-likeness (QED) is 0.847. The van der Waals surface area contributed by atoms with Gasteiger partial charge in [0.25, 0.3) is 0 Å². The first-order chi connectivity index (χ1) is 8.57. The molecule has 0 radical (unpaired) electrons. The highest BCUT2D eigenvalue weighted by atomic mass is 35.5. The summed E-state index contributed by atoms with van der Waals surface area (Å²) in [4.78, 5) is 4.29. The molecule has 1 unspecified atom stereocenters. The Kier molecular flexibility index (Phi) is 4.81. The van der Waals surface area contributed by atoms with E-state index in [2.05, 4.69) is 10.3 Å². The lowest BCUT2D eigenvalue weighted by atomic mass is 10.0. The van der Waals surface area contributed by atoms with Crippen LogP contribution in [0.3, 0.4) is 0 Å². The van der Waals surface area contributed by atoms with Gasteiger partial charge in [0, 0.05) is 25.8 Å². The topological polar surface area (TPSA) is 62.3 Å². The van der Waals surface area contributed by atoms with Crippen molar-refractivity contribution in [3.63, 3.8) is 0 Å². The first kappa shape index (κ1) is 16.2. The van der Waals surface area contributed by atoms with Gasteiger partial charge in [-0.05, 0) is 32.9 Å². The molecule has 0 aliphatic heterocycles. The van der Waals surface area contributed by atoms with E-state index in [0.717, 1.165) is 4.31 Å². The van der Waals surface area contributed by atoms with Crippen molar-refractivity contribution >= 4 is 27.4 Å². The summed E-state index contributed by atoms with van der Waals surface area (Å²) in [5.41, 5.74) is -0.337. The number of halogens is 1. The lowest BCUT2D eigenvalue weighted by Crippen LogP contribution is -2.39. The highest BCUT2D eigenvalue weighted by Gasteiger charge is 2.24. The van der Waals surface area contributed by atoms with Crippen LogP contribution in [0.4, 0.5) is 5.82 Å². The van der Waals surface area contributed by atoms with Gasteiger partial charge in [-0.25, -0.2) is 17.7 Å². The molecule has 1 N–H and O–H groups in total. The van der Waals surface area contributed by atoms with Crippen LogP contribution in [0, 0.1) is 0 Å². The van der Waals surface area contributed by atoms with Crippen LogP contribution in [0.15, 0.2) is 23.2 Å². The van der Waals surface area contributed by atoms with Crippen molar-refractivity contribution < 1.29 is 8.42 Å². The molecule has 108 valence electrons. The fourth-order valence-electron chi connectivity index (χ4n) is 1.25. The number of nitrogens with one attached hydrogen (secondary N) is 1. The SMILES string of the molecule is CC(Cl)C(C)(C)Nc1ccc(S(=O)(=O)N(C)C)cn1. The van der Waals surface area contributed by atoms with Crippen LogP contribution in [-0.2, 0) is 10.0 Å². The molecule has 0 aliphatic rings. The number of hydrogen-bond acceptors (Lipinski definition) is 4. The van der Waals surface area contributed by atoms with Crippen LogP contribution in [0.1, 0.15) is 20.8 Å². The van der Waals surface area contributed by atoms with E-state index in [1.54, 1.807) is 6.07 Å². The molecule has 5 nitrogen and oxygen atoms in total. The van der Waals surface area contributed by atoms with Gasteiger partial charge in [-0.2, -0.15) is 0 Å². The first-order valence-electron chi connectivity index (χ1n) is 5.88. The predicted molar refractivity (Wildman–Crippen MR) is 78.1 cm³/mol. The molecule has 1 aromatic rings. The van der Waals surface area contributed by atoms with Crippen LogP contribution < -0.4 is 5.32 Å². The summed E-state index contributed by atoms with van der Waals surface area (Å²) in [7, 11) is -0.465. The third-order valence-corrected chi connectivity index (χ3v) is 5.30. The molecule has 1 atom stereocenters. The maximum absolute atomic E-state index is 11.9. The molecule has 0 fully saturated rings. The van der Waals surface area contributed by atoms with E-state index in [-0.39, 0.29) is 15.8 Å². The summed E-state index contributed by atoms with van der Waals surface area (Å²) in [6.07, 6.45) is 1.34. The van der Waals surface area contributed by atoms with Crippen LogP contribution >= 0.6 is 11.6 Å². The van der Waals surface area contributed by atoms with Gasteiger partial charge < -0.3 is 5.32 Å². The Balaban J connectivity index is 2.96. The van der Waals surface area contributed by atoms with Crippen molar-refractivity contribution in [2.24, 2.45) is 0 Å². The Morgan fingerprint density at radius 2 is 1.95 bits per heavy atom. The normalized spacial score (nSPS) is 14.5. The fourth-order valence-corrected chi connectivity index (χ4v) is 2.15. The average Bonchev–Trinajstić information content (AvgIpc) is 2.28. The van der Waals surface area contributed by atoms with Crippen LogP contribution in [0.25, 0.3) is 0 Å². The van der Waals surface area contributed by atoms with Crippen molar-refractivity contribution in [2.45, 2.75) is 36.6 Å². The number of hydrogen-bond donors (Lipinski definition) is 1. The van der Waals surface area contributed by atoms with Crippen molar-refractivity contribution in [1.82, 2.24) is 9.29 Å². The first-order valence-corrected chi connectivity index (χ1v) is 7.76. The maximum Gasteiger partial charge on any atom is 0.244 e. The van der Waals surface area contributed by atoms with Crippen LogP contribution in [0.2, 0.25) is 0 Å². The third-order valence-electron chi connectivity index (χ3n) is 2.96. The number of rotatable bonds is 5. The second-order valence-electron chi connectivity index (χ2n) is 5.13. The molecule has 0 amide bonds. The lowest BCUT2D eigenvalue weighted by molar-refractivity contribution is 0.520. The fraction of sp³-hybridized carbons (Fsp3) is 0.583. The van der Waals surface area contributed by atoms with E-state index in [1.807, 2.05) is 20.8 Å². The standard InChI is InChI=1S/C12H20ClN3O2S/c1-9(13)12(2,3)15-11-7-6-10(8-14-11)19(17,18)16(4)5/h6-9H,1-5H3,(H,14,15). The Labute approximate surface area is 120 Å². The minimum atomic E-state index is -3.44. The lowest BCUT2D eigenvalue weighted by Gasteiger charge is -2.29. The molecule has 0 saturated heterocycles. The van der Waals surface area contributed by atoms with E-state index < -0.39 is 10.0 Å². The number of anilines is 1. The van der Waals surface area contributed by atoms with E-state index >= 15 is 0 Å². The van der Waals surface area contributed by atoms with Gasteiger partial charge in [0.2, 0.25) is 10.0 Å². The molecular formula is C12H20ClN3O2S. The Morgan fingerprint density at radius 3 is 2.32 bits per heavy atom. The number of sulfonamides is 1. The largest absolute Gasteiger partial charge is 0.364 e. The number of nitrogens with zero attached hydrogens (tertiary/aromatic N) is 2. The highest BCUT2D eigenvalue weighted by Crippen LogP contribution is 2.21. The highest BCUT2D eigenvalue weighted by molar-refractivity contribution is 7.89. The Bertz CT molecular complexity index is 524. The molecule has 1 rings (SSSR count). The summed E-state index contributed by atoms with van der Waals surface area (Å²) in [5, 5.41) is 3.08. The minimum Gasteiger partial charge on any atom is -0.364 e. The smallest absolute Gasteiger partial charge is 0.244 e. The van der Waals surface area contributed by atoms with Crippen molar-refractivity contribution in [2.75, 3.05) is 19.4 Å². The molecule has 0 aliphatic carbocycles. The summed E-state index contributed by atoms with van der Waals surface area (Å²) in [6, 6.07) is 3.16. The average molecular weight is 306 g/mol. The van der Waals surface area contributed by atoms with E-state index in [1.165, 1.54) is 26.4 Å². The van der Waals surface area contributed by atoms with Gasteiger partial charge in [0.05, 0.1) is 5.38 Å². The molecule has 19 heavy (non-hydrogen) atoms. The van der Waals surface area contributed by atoms with E-state index in [4.69, 9.17) is 11.6 Å². The van der Waals surface area contributed by atoms with E-state index in [9.17, 15) is 8.42 Å². The van der Waals surface area contributed by atoms with Crippen molar-refractivity contribution in [3.8, 4) is 0 Å². The number of aromatic nitrogens is 1. The molecule has 0 saturated carbocycles. The molecular weight excluding hydrogens is 286 g/mol. The second-order valence-corrected chi connectivity index (χ2v) is 7.94. The molecule has 0 spiro atoms. The zero-order chi connectivity index (χ0) is 14.8. The van der Waals surface area contributed by atoms with Crippen LogP contribution in [-0.4, -0.2) is 42.7 Å². The van der Waals surface area contributed by atoms with Gasteiger partial charge in [-0.1, -0.05) is 0 Å². The zero-order valence-electron chi connectivity index (χ0n) is 11.8. The van der Waals surface area contributed by atoms with E-state index in [0.29, 0.717) is 5.82 Å². The zero-order valence-corrected chi connectivity index (χ0v) is 13.4. The van der Waals surface area contributed by atoms with Gasteiger partial charge in [0.15, 0.2) is 0 Å². The maximum atomic E-state index is 11.9. The summed E-state index contributed by atoms with van der Waals surface area (Å²) < 4.78 is 24.9. The summed E-state index contributed by atoms with van der Waals surface area (Å²) in [5.74, 6) is 0.593. The molecule has 0 bridgehead atoms. The molecule has 1 aromatic heterocycles. The number of alkyl halides is 1. The van der Waals surface area contributed by atoms with Crippen molar-refractivity contribution in [3.05, 3.63) is 18.3 Å². The third kappa shape index (κ3) is 3.81. The minimum absolute atomic E-state index is 0.0977. The predicted octanol–water partition coefficient (Wildman–Crippen LogP) is 2.15. The van der Waals surface area contributed by atoms with Gasteiger partial charge in [0.1, 0.15) is 10.7 Å². The summed E-state index contributed by atoms with van der Waals surface area (Å²) in [6.45, 7) is 5.80. The Hall–Kier alpha value is -0.850. The molecule has 7 heteroatoms. The molecule has 1 heterocycles. The van der Waals surface area contributed by atoms with Gasteiger partial charge in [-0.3, -0.25) is 0 Å². The monoisotopic (exact) mass is 305 g/mol. The number of pyridine rings is 1. The van der Waals surface area contributed by atoms with Gasteiger partial charge >= 0.3 is 0 Å². The van der Waals surface area contributed by atoms with Gasteiger partial charge in [-0.15, -0.1) is 11.6 Å². The van der Waals surface area contributed by atoms with Crippen molar-refractivity contribution in [1.29, 1.82) is 0 Å².